The zero-order valence-corrected chi connectivity index (χ0v) is 19.2. The average Bonchev–Trinajstić information content (AvgIpc) is 3.49. The van der Waals surface area contributed by atoms with E-state index in [2.05, 4.69) is 28.2 Å². The maximum atomic E-state index is 12.8. The number of amides is 1. The van der Waals surface area contributed by atoms with E-state index in [1.807, 2.05) is 23.0 Å². The van der Waals surface area contributed by atoms with E-state index in [1.54, 1.807) is 31.6 Å². The molecule has 0 aromatic carbocycles. The lowest BCUT2D eigenvalue weighted by molar-refractivity contribution is -0.113. The number of hydrogen-bond donors (Lipinski definition) is 1. The molecule has 3 rings (SSSR count). The second-order valence-electron chi connectivity index (χ2n) is 7.06. The van der Waals surface area contributed by atoms with Crippen LogP contribution in [0.4, 0.5) is 5.82 Å². The van der Waals surface area contributed by atoms with Crippen LogP contribution in [0.2, 0.25) is 0 Å². The summed E-state index contributed by atoms with van der Waals surface area (Å²) in [5, 5.41) is 21.5. The number of rotatable bonds is 11. The highest BCUT2D eigenvalue weighted by Crippen LogP contribution is 2.28. The van der Waals surface area contributed by atoms with Crippen LogP contribution in [0.3, 0.4) is 0 Å². The summed E-state index contributed by atoms with van der Waals surface area (Å²) in [5.74, 6) is 1.56. The molecule has 0 bridgehead atoms. The van der Waals surface area contributed by atoms with Crippen molar-refractivity contribution in [3.63, 3.8) is 0 Å². The highest BCUT2D eigenvalue weighted by atomic mass is 32.2. The van der Waals surface area contributed by atoms with Crippen LogP contribution in [0.5, 0.6) is 0 Å². The number of furan rings is 1. The quantitative estimate of drug-likeness (QED) is 0.267. The lowest BCUT2D eigenvalue weighted by Crippen LogP contribution is -2.19. The minimum Gasteiger partial charge on any atom is -0.461 e. The molecule has 9 nitrogen and oxygen atoms in total. The molecule has 3 aromatic rings. The molecule has 0 fully saturated rings. The van der Waals surface area contributed by atoms with Crippen LogP contribution in [0.25, 0.3) is 11.6 Å². The molecule has 3 heterocycles. The van der Waals surface area contributed by atoms with Gasteiger partial charge in [-0.2, -0.15) is 5.26 Å². The van der Waals surface area contributed by atoms with Crippen LogP contribution in [0.1, 0.15) is 23.2 Å². The molecule has 0 saturated heterocycles. The van der Waals surface area contributed by atoms with Crippen molar-refractivity contribution in [1.29, 1.82) is 5.26 Å². The van der Waals surface area contributed by atoms with Crippen LogP contribution in [-0.2, 0) is 22.6 Å². The molecule has 168 valence electrons. The van der Waals surface area contributed by atoms with Crippen LogP contribution >= 0.6 is 11.8 Å². The molecule has 1 amide bonds. The molecule has 0 aliphatic carbocycles. The van der Waals surface area contributed by atoms with E-state index in [-0.39, 0.29) is 11.7 Å². The van der Waals surface area contributed by atoms with E-state index < -0.39 is 0 Å². The highest BCUT2D eigenvalue weighted by Gasteiger charge is 2.21. The number of nitriles is 1. The van der Waals surface area contributed by atoms with Gasteiger partial charge in [0, 0.05) is 32.5 Å². The third kappa shape index (κ3) is 4.95. The molecular formula is C22H26N6O3S. The molecule has 1 N–H and O–H groups in total. The lowest BCUT2D eigenvalue weighted by Gasteiger charge is -2.13. The van der Waals surface area contributed by atoms with Crippen molar-refractivity contribution >= 4 is 23.5 Å². The predicted molar refractivity (Wildman–Crippen MR) is 122 cm³/mol. The summed E-state index contributed by atoms with van der Waals surface area (Å²) in [5.41, 5.74) is 2.30. The van der Waals surface area contributed by atoms with Gasteiger partial charge in [0.05, 0.1) is 17.6 Å². The fraction of sp³-hybridized carbons (Fsp3) is 0.364. The van der Waals surface area contributed by atoms with E-state index in [9.17, 15) is 10.1 Å². The van der Waals surface area contributed by atoms with Gasteiger partial charge in [-0.3, -0.25) is 9.36 Å². The molecule has 0 unspecified atom stereocenters. The molecule has 0 radical (unpaired) electrons. The Labute approximate surface area is 191 Å². The van der Waals surface area contributed by atoms with Crippen LogP contribution in [0.15, 0.2) is 40.6 Å². The number of methoxy groups -OCH3 is 1. The van der Waals surface area contributed by atoms with E-state index in [4.69, 9.17) is 9.15 Å². The Morgan fingerprint density at radius 1 is 1.41 bits per heavy atom. The number of carbonyl (C=O) groups is 1. The number of nitrogens with one attached hydrogen (secondary N) is 1. The van der Waals surface area contributed by atoms with Gasteiger partial charge in [-0.05, 0) is 38.0 Å². The van der Waals surface area contributed by atoms with Gasteiger partial charge in [0.25, 0.3) is 0 Å². The first-order valence-corrected chi connectivity index (χ1v) is 11.1. The number of nitrogens with zero attached hydrogens (tertiary/aromatic N) is 5. The molecule has 0 aliphatic heterocycles. The average molecular weight is 455 g/mol. The van der Waals surface area contributed by atoms with Gasteiger partial charge in [-0.25, -0.2) is 0 Å². The van der Waals surface area contributed by atoms with Crippen molar-refractivity contribution in [2.24, 2.45) is 0 Å². The molecule has 0 atom stereocenters. The summed E-state index contributed by atoms with van der Waals surface area (Å²) in [7, 11) is 1.65. The van der Waals surface area contributed by atoms with Gasteiger partial charge in [-0.1, -0.05) is 17.8 Å². The third-order valence-corrected chi connectivity index (χ3v) is 6.00. The molecule has 0 spiro atoms. The zero-order valence-electron chi connectivity index (χ0n) is 18.4. The highest BCUT2D eigenvalue weighted by molar-refractivity contribution is 7.99. The minimum absolute atomic E-state index is 0.111. The molecule has 10 heteroatoms. The van der Waals surface area contributed by atoms with Gasteiger partial charge >= 0.3 is 0 Å². The van der Waals surface area contributed by atoms with Crippen LogP contribution in [-0.4, -0.2) is 44.7 Å². The van der Waals surface area contributed by atoms with Gasteiger partial charge < -0.3 is 19.0 Å². The maximum absolute atomic E-state index is 12.8. The van der Waals surface area contributed by atoms with Crippen molar-refractivity contribution in [3.8, 4) is 17.7 Å². The summed E-state index contributed by atoms with van der Waals surface area (Å²) < 4.78 is 14.4. The Hall–Kier alpha value is -3.29. The van der Waals surface area contributed by atoms with E-state index in [0.717, 1.165) is 17.7 Å². The van der Waals surface area contributed by atoms with Gasteiger partial charge in [0.15, 0.2) is 10.9 Å². The van der Waals surface area contributed by atoms with Crippen molar-refractivity contribution in [2.75, 3.05) is 24.8 Å². The Morgan fingerprint density at radius 2 is 2.22 bits per heavy atom. The van der Waals surface area contributed by atoms with Crippen LogP contribution < -0.4 is 5.32 Å². The summed E-state index contributed by atoms with van der Waals surface area (Å²) in [6.45, 7) is 9.33. The van der Waals surface area contributed by atoms with Crippen molar-refractivity contribution in [1.82, 2.24) is 19.3 Å². The molecular weight excluding hydrogens is 428 g/mol. The topological polar surface area (TPSA) is 111 Å². The third-order valence-electron chi connectivity index (χ3n) is 5.03. The first-order chi connectivity index (χ1) is 15.5. The summed E-state index contributed by atoms with van der Waals surface area (Å²) >= 11 is 1.26. The van der Waals surface area contributed by atoms with E-state index >= 15 is 0 Å². The molecule has 0 saturated carbocycles. The number of carbonyl (C=O) groups excluding carboxylic acids is 1. The largest absolute Gasteiger partial charge is 0.461 e. The standard InChI is InChI=1S/C22H26N6O3S/c1-5-9-28-21(18-8-6-12-31-18)25-26-22(28)32-14-19(29)24-20-17(13-23)15(2)16(3)27(20)10-7-11-30-4/h5-6,8,12H,1,7,9-11,14H2,2-4H3,(H,24,29). The monoisotopic (exact) mass is 454 g/mol. The zero-order chi connectivity index (χ0) is 23.1. The summed E-state index contributed by atoms with van der Waals surface area (Å²) in [6.07, 6.45) is 4.08. The SMILES string of the molecule is C=CCn1c(SCC(=O)Nc2c(C#N)c(C)c(C)n2CCCOC)nnc1-c1ccco1. The number of hydrogen-bond acceptors (Lipinski definition) is 7. The summed E-state index contributed by atoms with van der Waals surface area (Å²) in [6, 6.07) is 5.80. The minimum atomic E-state index is -0.232. The molecule has 32 heavy (non-hydrogen) atoms. The Bertz CT molecular complexity index is 1120. The Balaban J connectivity index is 1.75. The number of allylic oxidation sites excluding steroid dienone is 1. The van der Waals surface area contributed by atoms with Crippen molar-refractivity contribution < 1.29 is 13.9 Å². The molecule has 0 aliphatic rings. The maximum Gasteiger partial charge on any atom is 0.235 e. The number of anilines is 1. The van der Waals surface area contributed by atoms with E-state index in [0.29, 0.717) is 47.8 Å². The van der Waals surface area contributed by atoms with Crippen molar-refractivity contribution in [3.05, 3.63) is 47.9 Å². The first kappa shape index (κ1) is 23.4. The Morgan fingerprint density at radius 3 is 2.88 bits per heavy atom. The second kappa shape index (κ2) is 10.8. The van der Waals surface area contributed by atoms with Crippen LogP contribution in [0, 0.1) is 25.2 Å². The van der Waals surface area contributed by atoms with E-state index in [1.165, 1.54) is 11.8 Å². The fourth-order valence-electron chi connectivity index (χ4n) is 3.35. The smallest absolute Gasteiger partial charge is 0.235 e. The second-order valence-corrected chi connectivity index (χ2v) is 8.01. The fourth-order valence-corrected chi connectivity index (χ4v) is 4.10. The number of thioether (sulfide) groups is 1. The first-order valence-electron chi connectivity index (χ1n) is 10.1. The van der Waals surface area contributed by atoms with Gasteiger partial charge in [0.2, 0.25) is 11.7 Å². The number of aromatic nitrogens is 4. The lowest BCUT2D eigenvalue weighted by atomic mass is 10.2. The number of ether oxygens (including phenoxy) is 1. The van der Waals surface area contributed by atoms with Crippen molar-refractivity contribution in [2.45, 2.75) is 38.5 Å². The normalized spacial score (nSPS) is 10.8. The van der Waals surface area contributed by atoms with Gasteiger partial charge in [-0.15, -0.1) is 16.8 Å². The summed E-state index contributed by atoms with van der Waals surface area (Å²) in [4.78, 5) is 12.8. The molecule has 3 aromatic heterocycles. The van der Waals surface area contributed by atoms with Gasteiger partial charge in [0.1, 0.15) is 11.9 Å². The predicted octanol–water partition coefficient (Wildman–Crippen LogP) is 3.78. The Kier molecular flexibility index (Phi) is 7.92.